The van der Waals surface area contributed by atoms with Crippen LogP contribution in [-0.4, -0.2) is 54.1 Å². The van der Waals surface area contributed by atoms with Crippen LogP contribution in [0.3, 0.4) is 0 Å². The van der Waals surface area contributed by atoms with Crippen molar-refractivity contribution >= 4 is 23.4 Å². The first-order valence-electron chi connectivity index (χ1n) is 7.90. The number of aromatic nitrogens is 2. The summed E-state index contributed by atoms with van der Waals surface area (Å²) in [6.45, 7) is 4.59. The maximum absolute atomic E-state index is 11.4. The van der Waals surface area contributed by atoms with E-state index in [1.54, 1.807) is 20.2 Å². The summed E-state index contributed by atoms with van der Waals surface area (Å²) >= 11 is 0. The molecule has 0 spiro atoms. The molecule has 1 N–H and O–H groups in total. The van der Waals surface area contributed by atoms with Crippen LogP contribution in [0.15, 0.2) is 36.5 Å². The minimum atomic E-state index is 0.123. The summed E-state index contributed by atoms with van der Waals surface area (Å²) in [5.41, 5.74) is 0.868. The SMILES string of the molecule is COc1cccc(Nc2nccc(N3CCN(C(C)=O)CC3)n2)c1. The summed E-state index contributed by atoms with van der Waals surface area (Å²) in [5, 5.41) is 3.19. The molecule has 1 aromatic heterocycles. The van der Waals surface area contributed by atoms with Crippen molar-refractivity contribution in [2.24, 2.45) is 0 Å². The van der Waals surface area contributed by atoms with E-state index in [4.69, 9.17) is 4.74 Å². The van der Waals surface area contributed by atoms with Gasteiger partial charge in [-0.05, 0) is 18.2 Å². The Morgan fingerprint density at radius 3 is 2.71 bits per heavy atom. The van der Waals surface area contributed by atoms with Gasteiger partial charge in [-0.2, -0.15) is 4.98 Å². The van der Waals surface area contributed by atoms with Crippen LogP contribution in [0.4, 0.5) is 17.5 Å². The number of hydrogen-bond donors (Lipinski definition) is 1. The molecule has 1 aliphatic rings. The molecule has 3 rings (SSSR count). The third kappa shape index (κ3) is 3.73. The van der Waals surface area contributed by atoms with E-state index in [9.17, 15) is 4.79 Å². The standard InChI is InChI=1S/C17H21N5O2/c1-13(23)21-8-10-22(11-9-21)16-6-7-18-17(20-16)19-14-4-3-5-15(12-14)24-2/h3-7,12H,8-11H2,1-2H3,(H,18,19,20). The maximum Gasteiger partial charge on any atom is 0.229 e. The van der Waals surface area contributed by atoms with E-state index in [0.29, 0.717) is 5.95 Å². The summed E-state index contributed by atoms with van der Waals surface area (Å²) in [4.78, 5) is 24.3. The Bertz CT molecular complexity index is 714. The zero-order valence-electron chi connectivity index (χ0n) is 13.9. The smallest absolute Gasteiger partial charge is 0.229 e. The van der Waals surface area contributed by atoms with Crippen molar-refractivity contribution in [1.29, 1.82) is 0 Å². The van der Waals surface area contributed by atoms with Crippen LogP contribution >= 0.6 is 0 Å². The molecule has 126 valence electrons. The highest BCUT2D eigenvalue weighted by Crippen LogP contribution is 2.21. The number of ether oxygens (including phenoxy) is 1. The Morgan fingerprint density at radius 2 is 2.00 bits per heavy atom. The van der Waals surface area contributed by atoms with Crippen molar-refractivity contribution in [2.45, 2.75) is 6.92 Å². The number of nitrogens with one attached hydrogen (secondary N) is 1. The Hall–Kier alpha value is -2.83. The van der Waals surface area contributed by atoms with E-state index in [-0.39, 0.29) is 5.91 Å². The zero-order chi connectivity index (χ0) is 16.9. The Kier molecular flexibility index (Phi) is 4.79. The number of carbonyl (C=O) groups excluding carboxylic acids is 1. The molecular formula is C17H21N5O2. The first kappa shape index (κ1) is 16.0. The van der Waals surface area contributed by atoms with E-state index >= 15 is 0 Å². The topological polar surface area (TPSA) is 70.6 Å². The van der Waals surface area contributed by atoms with Gasteiger partial charge in [0.25, 0.3) is 0 Å². The molecule has 0 radical (unpaired) electrons. The average Bonchev–Trinajstić information content (AvgIpc) is 2.62. The van der Waals surface area contributed by atoms with Crippen molar-refractivity contribution in [3.05, 3.63) is 36.5 Å². The number of rotatable bonds is 4. The van der Waals surface area contributed by atoms with Crippen LogP contribution in [0.5, 0.6) is 5.75 Å². The van der Waals surface area contributed by atoms with Gasteiger partial charge in [-0.1, -0.05) is 6.07 Å². The molecule has 1 aromatic carbocycles. The molecule has 1 amide bonds. The fourth-order valence-corrected chi connectivity index (χ4v) is 2.67. The molecule has 1 aliphatic heterocycles. The number of nitrogens with zero attached hydrogens (tertiary/aromatic N) is 4. The first-order valence-corrected chi connectivity index (χ1v) is 7.90. The zero-order valence-corrected chi connectivity index (χ0v) is 13.9. The molecule has 0 aliphatic carbocycles. The molecule has 2 aromatic rings. The van der Waals surface area contributed by atoms with Gasteiger partial charge in [0.15, 0.2) is 0 Å². The highest BCUT2D eigenvalue weighted by atomic mass is 16.5. The third-order valence-electron chi connectivity index (χ3n) is 4.02. The first-order chi connectivity index (χ1) is 11.7. The van der Waals surface area contributed by atoms with E-state index in [1.807, 2.05) is 35.2 Å². The number of amides is 1. The number of methoxy groups -OCH3 is 1. The van der Waals surface area contributed by atoms with Gasteiger partial charge in [0.05, 0.1) is 7.11 Å². The normalized spacial score (nSPS) is 14.4. The number of hydrogen-bond acceptors (Lipinski definition) is 6. The second-order valence-corrected chi connectivity index (χ2v) is 5.59. The van der Waals surface area contributed by atoms with Crippen LogP contribution in [0, 0.1) is 0 Å². The van der Waals surface area contributed by atoms with E-state index < -0.39 is 0 Å². The monoisotopic (exact) mass is 327 g/mol. The van der Waals surface area contributed by atoms with Crippen molar-refractivity contribution in [2.75, 3.05) is 43.5 Å². The molecule has 0 saturated carbocycles. The minimum Gasteiger partial charge on any atom is -0.497 e. The predicted octanol–water partition coefficient (Wildman–Crippen LogP) is 1.90. The molecule has 0 bridgehead atoms. The van der Waals surface area contributed by atoms with Gasteiger partial charge in [0.1, 0.15) is 11.6 Å². The second-order valence-electron chi connectivity index (χ2n) is 5.59. The van der Waals surface area contributed by atoms with Crippen molar-refractivity contribution < 1.29 is 9.53 Å². The fraction of sp³-hybridized carbons (Fsp3) is 0.353. The molecule has 1 fully saturated rings. The molecule has 7 nitrogen and oxygen atoms in total. The van der Waals surface area contributed by atoms with Gasteiger partial charge in [-0.3, -0.25) is 4.79 Å². The molecule has 0 atom stereocenters. The predicted molar refractivity (Wildman–Crippen MR) is 92.8 cm³/mol. The molecule has 1 saturated heterocycles. The van der Waals surface area contributed by atoms with Gasteiger partial charge in [-0.15, -0.1) is 0 Å². The van der Waals surface area contributed by atoms with Crippen LogP contribution in [0.25, 0.3) is 0 Å². The summed E-state index contributed by atoms with van der Waals surface area (Å²) in [6, 6.07) is 9.51. The number of anilines is 3. The van der Waals surface area contributed by atoms with Crippen LogP contribution < -0.4 is 15.0 Å². The third-order valence-corrected chi connectivity index (χ3v) is 4.02. The maximum atomic E-state index is 11.4. The largest absolute Gasteiger partial charge is 0.497 e. The van der Waals surface area contributed by atoms with Crippen LogP contribution in [0.1, 0.15) is 6.92 Å². The second kappa shape index (κ2) is 7.16. The summed E-state index contributed by atoms with van der Waals surface area (Å²) in [7, 11) is 1.64. The molecule has 24 heavy (non-hydrogen) atoms. The Labute approximate surface area is 141 Å². The highest BCUT2D eigenvalue weighted by molar-refractivity contribution is 5.73. The van der Waals surface area contributed by atoms with E-state index in [1.165, 1.54) is 0 Å². The quantitative estimate of drug-likeness (QED) is 0.925. The highest BCUT2D eigenvalue weighted by Gasteiger charge is 2.19. The lowest BCUT2D eigenvalue weighted by atomic mass is 10.3. The van der Waals surface area contributed by atoms with Gasteiger partial charge in [0, 0.05) is 51.1 Å². The lowest BCUT2D eigenvalue weighted by Gasteiger charge is -2.34. The van der Waals surface area contributed by atoms with Crippen molar-refractivity contribution in [3.8, 4) is 5.75 Å². The van der Waals surface area contributed by atoms with E-state index in [2.05, 4.69) is 20.2 Å². The van der Waals surface area contributed by atoms with Crippen molar-refractivity contribution in [3.63, 3.8) is 0 Å². The molecule has 7 heteroatoms. The van der Waals surface area contributed by atoms with Gasteiger partial charge in [0.2, 0.25) is 11.9 Å². The van der Waals surface area contributed by atoms with Gasteiger partial charge in [-0.25, -0.2) is 4.98 Å². The summed E-state index contributed by atoms with van der Waals surface area (Å²) in [6.07, 6.45) is 1.74. The Morgan fingerprint density at radius 1 is 1.21 bits per heavy atom. The lowest BCUT2D eigenvalue weighted by molar-refractivity contribution is -0.129. The molecule has 0 unspecified atom stereocenters. The van der Waals surface area contributed by atoms with Crippen LogP contribution in [-0.2, 0) is 4.79 Å². The van der Waals surface area contributed by atoms with Crippen molar-refractivity contribution in [1.82, 2.24) is 14.9 Å². The van der Waals surface area contributed by atoms with Crippen LogP contribution in [0.2, 0.25) is 0 Å². The van der Waals surface area contributed by atoms with Gasteiger partial charge >= 0.3 is 0 Å². The lowest BCUT2D eigenvalue weighted by Crippen LogP contribution is -2.48. The Balaban J connectivity index is 1.69. The summed E-state index contributed by atoms with van der Waals surface area (Å²) < 4.78 is 5.22. The van der Waals surface area contributed by atoms with E-state index in [0.717, 1.165) is 43.4 Å². The average molecular weight is 327 g/mol. The van der Waals surface area contributed by atoms with Gasteiger partial charge < -0.3 is 19.9 Å². The molecule has 2 heterocycles. The summed E-state index contributed by atoms with van der Waals surface area (Å²) in [5.74, 6) is 2.29. The molecular weight excluding hydrogens is 306 g/mol. The fourth-order valence-electron chi connectivity index (χ4n) is 2.67. The number of piperazine rings is 1. The minimum absolute atomic E-state index is 0.123. The number of carbonyl (C=O) groups is 1. The number of benzene rings is 1.